The number of aryl methyl sites for hydroxylation is 1. The Morgan fingerprint density at radius 2 is 1.93 bits per heavy atom. The van der Waals surface area contributed by atoms with E-state index in [0.717, 1.165) is 5.56 Å². The molecule has 0 saturated heterocycles. The number of aromatic nitrogens is 5. The summed E-state index contributed by atoms with van der Waals surface area (Å²) in [6.45, 7) is 3.80. The number of ether oxygens (including phenoxy) is 2. The van der Waals surface area contributed by atoms with Crippen LogP contribution in [0.2, 0.25) is 0 Å². The molecular formula is C25H23FN7O7P. The lowest BCUT2D eigenvalue weighted by Crippen LogP contribution is -2.26. The second-order valence-electron chi connectivity index (χ2n) is 8.55. The number of hydrogen-bond acceptors (Lipinski definition) is 10. The van der Waals surface area contributed by atoms with Crippen molar-refractivity contribution in [3.05, 3.63) is 66.9 Å². The van der Waals surface area contributed by atoms with Crippen LogP contribution < -0.4 is 20.1 Å². The second-order valence-corrected chi connectivity index (χ2v) is 9.75. The maximum atomic E-state index is 14.0. The number of carbonyl (C=O) groups excluding carboxylic acids is 1. The Morgan fingerprint density at radius 3 is 2.68 bits per heavy atom. The Labute approximate surface area is 231 Å². The molecule has 3 heterocycles. The smallest absolute Gasteiger partial charge is 0.472 e. The Bertz CT molecular complexity index is 1800. The van der Waals surface area contributed by atoms with Crippen molar-refractivity contribution < 1.29 is 37.5 Å². The van der Waals surface area contributed by atoms with Crippen LogP contribution in [0.3, 0.4) is 0 Å². The first-order valence-electron chi connectivity index (χ1n) is 12.0. The number of nitrogens with zero attached hydrogens (tertiary/aromatic N) is 5. The van der Waals surface area contributed by atoms with Crippen LogP contribution in [0.5, 0.6) is 17.2 Å². The van der Waals surface area contributed by atoms with Gasteiger partial charge in [-0.25, -0.2) is 32.9 Å². The summed E-state index contributed by atoms with van der Waals surface area (Å²) in [5, 5.41) is 9.94. The van der Waals surface area contributed by atoms with Crippen LogP contribution in [0, 0.1) is 6.92 Å². The summed E-state index contributed by atoms with van der Waals surface area (Å²) in [6.07, 6.45) is 1.62. The van der Waals surface area contributed by atoms with E-state index in [9.17, 15) is 13.8 Å². The lowest BCUT2D eigenvalue weighted by Gasteiger charge is -2.16. The van der Waals surface area contributed by atoms with E-state index in [0.29, 0.717) is 39.6 Å². The summed E-state index contributed by atoms with van der Waals surface area (Å²) in [4.78, 5) is 42.5. The molecule has 0 aliphatic heterocycles. The number of benzene rings is 2. The number of amides is 1. The molecule has 0 aliphatic rings. The summed E-state index contributed by atoms with van der Waals surface area (Å²) < 4.78 is 42.0. The Balaban J connectivity index is 1.40. The molecule has 0 saturated carbocycles. The third-order valence-corrected chi connectivity index (χ3v) is 6.11. The minimum absolute atomic E-state index is 0.0173. The van der Waals surface area contributed by atoms with Crippen LogP contribution in [0.4, 0.5) is 21.6 Å². The van der Waals surface area contributed by atoms with Crippen LogP contribution in [0.25, 0.3) is 16.6 Å². The maximum Gasteiger partial charge on any atom is 0.472 e. The van der Waals surface area contributed by atoms with Crippen molar-refractivity contribution in [1.29, 1.82) is 0 Å². The zero-order valence-corrected chi connectivity index (χ0v) is 22.4. The molecule has 41 heavy (non-hydrogen) atoms. The van der Waals surface area contributed by atoms with E-state index in [-0.39, 0.29) is 18.0 Å². The Kier molecular flexibility index (Phi) is 7.77. The summed E-state index contributed by atoms with van der Waals surface area (Å²) in [5.41, 5.74) is 2.60. The van der Waals surface area contributed by atoms with Crippen LogP contribution in [0.15, 0.2) is 61.3 Å². The standard InChI is InChI=1S/C25H23FN7O7P/c1-3-38-21-11-18-17(10-19(21)32-25(34)23(26)40-41(35,36)37)24(29-12-27-18)31-15-4-5-20(14(2)8-15)39-16-6-7-33-22(9-16)28-13-30-33/h4-13,23H,3H2,1-2H3,(H,32,34)(H,27,29,31)(H2,35,36,37). The van der Waals surface area contributed by atoms with Crippen LogP contribution in [-0.2, 0) is 13.9 Å². The van der Waals surface area contributed by atoms with E-state index in [1.54, 1.807) is 41.9 Å². The number of rotatable bonds is 10. The molecule has 4 N–H and O–H groups in total. The van der Waals surface area contributed by atoms with E-state index >= 15 is 0 Å². The molecule has 0 aliphatic carbocycles. The highest BCUT2D eigenvalue weighted by Crippen LogP contribution is 2.39. The Morgan fingerprint density at radius 1 is 1.10 bits per heavy atom. The quantitative estimate of drug-likeness (QED) is 0.172. The predicted molar refractivity (Wildman–Crippen MR) is 145 cm³/mol. The van der Waals surface area contributed by atoms with Gasteiger partial charge in [-0.05, 0) is 49.7 Å². The molecule has 1 atom stereocenters. The number of phosphoric ester groups is 1. The van der Waals surface area contributed by atoms with Gasteiger partial charge in [0.05, 0.1) is 17.8 Å². The molecule has 2 aromatic carbocycles. The van der Waals surface area contributed by atoms with Crippen molar-refractivity contribution in [2.45, 2.75) is 20.2 Å². The molecular weight excluding hydrogens is 560 g/mol. The molecule has 5 rings (SSSR count). The van der Waals surface area contributed by atoms with Crippen molar-refractivity contribution in [1.82, 2.24) is 24.6 Å². The van der Waals surface area contributed by atoms with Crippen molar-refractivity contribution in [2.75, 3.05) is 17.2 Å². The minimum Gasteiger partial charge on any atom is -0.492 e. The molecule has 1 amide bonds. The highest BCUT2D eigenvalue weighted by molar-refractivity contribution is 7.46. The van der Waals surface area contributed by atoms with Gasteiger partial charge in [0.1, 0.15) is 35.7 Å². The van der Waals surface area contributed by atoms with Crippen molar-refractivity contribution in [3.63, 3.8) is 0 Å². The SMILES string of the molecule is CCOc1cc2ncnc(Nc3ccc(Oc4ccn5ncnc5c4)c(C)c3)c2cc1NC(=O)C(F)OP(=O)(O)O. The second kappa shape index (κ2) is 11.4. The molecule has 3 aromatic heterocycles. The molecule has 5 aromatic rings. The van der Waals surface area contributed by atoms with Gasteiger partial charge in [-0.3, -0.25) is 4.79 Å². The van der Waals surface area contributed by atoms with Crippen LogP contribution in [-0.4, -0.2) is 53.2 Å². The van der Waals surface area contributed by atoms with Gasteiger partial charge in [0.25, 0.3) is 12.3 Å². The fraction of sp³-hybridized carbons (Fsp3) is 0.160. The molecule has 0 spiro atoms. The number of nitrogens with one attached hydrogen (secondary N) is 2. The fourth-order valence-corrected chi connectivity index (χ4v) is 4.22. The number of alkyl halides is 1. The van der Waals surface area contributed by atoms with Crippen molar-refractivity contribution in [3.8, 4) is 17.2 Å². The fourth-order valence-electron chi connectivity index (χ4n) is 3.88. The number of phosphoric acid groups is 1. The summed E-state index contributed by atoms with van der Waals surface area (Å²) in [6, 6.07) is 11.9. The van der Waals surface area contributed by atoms with Gasteiger partial charge in [-0.15, -0.1) is 0 Å². The first-order valence-corrected chi connectivity index (χ1v) is 13.6. The van der Waals surface area contributed by atoms with E-state index in [1.807, 2.05) is 13.0 Å². The summed E-state index contributed by atoms with van der Waals surface area (Å²) >= 11 is 0. The van der Waals surface area contributed by atoms with Gasteiger partial charge in [-0.2, -0.15) is 5.10 Å². The van der Waals surface area contributed by atoms with Gasteiger partial charge < -0.3 is 29.9 Å². The van der Waals surface area contributed by atoms with E-state index < -0.39 is 20.1 Å². The highest BCUT2D eigenvalue weighted by Gasteiger charge is 2.28. The van der Waals surface area contributed by atoms with Gasteiger partial charge in [0.15, 0.2) is 5.65 Å². The summed E-state index contributed by atoms with van der Waals surface area (Å²) in [5.74, 6) is 0.300. The monoisotopic (exact) mass is 583 g/mol. The van der Waals surface area contributed by atoms with Crippen LogP contribution >= 0.6 is 7.82 Å². The maximum absolute atomic E-state index is 14.0. The molecule has 0 bridgehead atoms. The largest absolute Gasteiger partial charge is 0.492 e. The Hall–Kier alpha value is -4.69. The summed E-state index contributed by atoms with van der Waals surface area (Å²) in [7, 11) is -5.24. The zero-order valence-electron chi connectivity index (χ0n) is 21.6. The van der Waals surface area contributed by atoms with E-state index in [4.69, 9.17) is 19.3 Å². The lowest BCUT2D eigenvalue weighted by atomic mass is 10.1. The normalized spacial score (nSPS) is 12.3. The third-order valence-electron chi connectivity index (χ3n) is 5.65. The predicted octanol–water partition coefficient (Wildman–Crippen LogP) is 4.26. The number of pyridine rings is 1. The van der Waals surface area contributed by atoms with Gasteiger partial charge >= 0.3 is 7.82 Å². The number of hydrogen-bond donors (Lipinski definition) is 4. The van der Waals surface area contributed by atoms with Crippen molar-refractivity contribution in [2.24, 2.45) is 0 Å². The first kappa shape index (κ1) is 27.9. The van der Waals surface area contributed by atoms with Gasteiger partial charge in [0, 0.05) is 29.4 Å². The first-order chi connectivity index (χ1) is 19.6. The molecule has 16 heteroatoms. The minimum atomic E-state index is -5.24. The number of fused-ring (bicyclic) bond motifs is 2. The van der Waals surface area contributed by atoms with E-state index in [1.165, 1.54) is 24.8 Å². The van der Waals surface area contributed by atoms with Crippen molar-refractivity contribution >= 4 is 47.5 Å². The zero-order chi connectivity index (χ0) is 29.1. The number of anilines is 3. The topological polar surface area (TPSA) is 182 Å². The lowest BCUT2D eigenvalue weighted by molar-refractivity contribution is -0.131. The average molecular weight is 583 g/mol. The van der Waals surface area contributed by atoms with E-state index in [2.05, 4.69) is 35.2 Å². The molecule has 1 unspecified atom stereocenters. The molecule has 0 radical (unpaired) electrons. The third kappa shape index (κ3) is 6.56. The molecule has 212 valence electrons. The highest BCUT2D eigenvalue weighted by atomic mass is 31.2. The number of halogens is 1. The van der Waals surface area contributed by atoms with Crippen LogP contribution in [0.1, 0.15) is 12.5 Å². The average Bonchev–Trinajstić information content (AvgIpc) is 3.38. The molecule has 0 fully saturated rings. The molecule has 14 nitrogen and oxygen atoms in total. The number of carbonyl (C=O) groups is 1. The van der Waals surface area contributed by atoms with Gasteiger partial charge in [-0.1, -0.05) is 0 Å². The van der Waals surface area contributed by atoms with Gasteiger partial charge in [0.2, 0.25) is 0 Å².